The Balaban J connectivity index is 3.27. The molecule has 4 nitrogen and oxygen atoms in total. The summed E-state index contributed by atoms with van der Waals surface area (Å²) in [6.07, 6.45) is 0. The van der Waals surface area contributed by atoms with E-state index >= 15 is 0 Å². The number of nitrogens with zero attached hydrogens (tertiary/aromatic N) is 1. The van der Waals surface area contributed by atoms with Crippen molar-refractivity contribution in [1.82, 2.24) is 0 Å². The largest absolute Gasteiger partial charge is 0.508 e. The van der Waals surface area contributed by atoms with Gasteiger partial charge in [-0.25, -0.2) is 0 Å². The van der Waals surface area contributed by atoms with Crippen LogP contribution in [0.25, 0.3) is 0 Å². The normalized spacial score (nSPS) is 11.9. The van der Waals surface area contributed by atoms with Crippen LogP contribution in [0, 0.1) is 11.3 Å². The molecule has 1 rings (SSSR count). The SMILES string of the molecule is COc1cc(O)c(C(C)CN)cc1C#N. The first kappa shape index (κ1) is 11.3. The minimum absolute atomic E-state index is 0.0167. The van der Waals surface area contributed by atoms with E-state index in [1.54, 1.807) is 6.07 Å². The second-order valence-electron chi connectivity index (χ2n) is 3.36. The van der Waals surface area contributed by atoms with E-state index in [0.717, 1.165) is 0 Å². The first-order valence-electron chi connectivity index (χ1n) is 4.65. The fourth-order valence-electron chi connectivity index (χ4n) is 1.36. The zero-order valence-electron chi connectivity index (χ0n) is 8.82. The van der Waals surface area contributed by atoms with Gasteiger partial charge in [-0.3, -0.25) is 0 Å². The van der Waals surface area contributed by atoms with Crippen LogP contribution in [0.4, 0.5) is 0 Å². The summed E-state index contributed by atoms with van der Waals surface area (Å²) in [5, 5.41) is 18.6. The van der Waals surface area contributed by atoms with Crippen LogP contribution in [0.15, 0.2) is 12.1 Å². The van der Waals surface area contributed by atoms with Crippen LogP contribution < -0.4 is 10.5 Å². The van der Waals surface area contributed by atoms with Crippen molar-refractivity contribution < 1.29 is 9.84 Å². The predicted octanol–water partition coefficient (Wildman–Crippen LogP) is 1.33. The number of nitriles is 1. The van der Waals surface area contributed by atoms with Crippen molar-refractivity contribution in [3.8, 4) is 17.6 Å². The van der Waals surface area contributed by atoms with Gasteiger partial charge in [0.15, 0.2) is 0 Å². The number of benzene rings is 1. The van der Waals surface area contributed by atoms with Crippen molar-refractivity contribution in [2.24, 2.45) is 5.73 Å². The highest BCUT2D eigenvalue weighted by molar-refractivity contribution is 5.52. The Kier molecular flexibility index (Phi) is 3.53. The molecule has 1 aromatic carbocycles. The number of nitrogens with two attached hydrogens (primary N) is 1. The minimum Gasteiger partial charge on any atom is -0.508 e. The van der Waals surface area contributed by atoms with Gasteiger partial charge in [0, 0.05) is 6.07 Å². The summed E-state index contributed by atoms with van der Waals surface area (Å²) in [7, 11) is 1.46. The fraction of sp³-hybridized carbons (Fsp3) is 0.364. The molecule has 0 spiro atoms. The van der Waals surface area contributed by atoms with Gasteiger partial charge < -0.3 is 15.6 Å². The minimum atomic E-state index is 0.0167. The summed E-state index contributed by atoms with van der Waals surface area (Å²) in [4.78, 5) is 0. The number of phenols is 1. The quantitative estimate of drug-likeness (QED) is 0.782. The molecule has 4 heteroatoms. The molecule has 0 saturated heterocycles. The number of hydrogen-bond donors (Lipinski definition) is 2. The third-order valence-electron chi connectivity index (χ3n) is 2.35. The van der Waals surface area contributed by atoms with Crippen LogP contribution in [0.1, 0.15) is 24.0 Å². The van der Waals surface area contributed by atoms with Gasteiger partial charge >= 0.3 is 0 Å². The number of rotatable bonds is 3. The molecule has 0 aliphatic rings. The maximum atomic E-state index is 9.70. The average Bonchev–Trinajstić information content (AvgIpc) is 2.27. The second-order valence-corrected chi connectivity index (χ2v) is 3.36. The third kappa shape index (κ3) is 2.20. The summed E-state index contributed by atoms with van der Waals surface area (Å²) in [5.41, 5.74) is 6.59. The second kappa shape index (κ2) is 4.67. The van der Waals surface area contributed by atoms with Gasteiger partial charge in [0.05, 0.1) is 12.7 Å². The highest BCUT2D eigenvalue weighted by atomic mass is 16.5. The lowest BCUT2D eigenvalue weighted by Crippen LogP contribution is -2.09. The fourth-order valence-corrected chi connectivity index (χ4v) is 1.36. The number of hydrogen-bond acceptors (Lipinski definition) is 4. The maximum absolute atomic E-state index is 9.70. The van der Waals surface area contributed by atoms with Crippen LogP contribution in [0.2, 0.25) is 0 Å². The lowest BCUT2D eigenvalue weighted by molar-refractivity contribution is 0.404. The van der Waals surface area contributed by atoms with Crippen molar-refractivity contribution in [1.29, 1.82) is 5.26 Å². The van der Waals surface area contributed by atoms with Gasteiger partial charge in [-0.15, -0.1) is 0 Å². The Morgan fingerprint density at radius 3 is 2.73 bits per heavy atom. The van der Waals surface area contributed by atoms with Crippen molar-refractivity contribution in [2.45, 2.75) is 12.8 Å². The van der Waals surface area contributed by atoms with Gasteiger partial charge in [0.25, 0.3) is 0 Å². The molecule has 0 aliphatic heterocycles. The molecule has 1 atom stereocenters. The predicted molar refractivity (Wildman–Crippen MR) is 56.8 cm³/mol. The van der Waals surface area contributed by atoms with E-state index < -0.39 is 0 Å². The highest BCUT2D eigenvalue weighted by Gasteiger charge is 2.13. The van der Waals surface area contributed by atoms with E-state index in [2.05, 4.69) is 0 Å². The van der Waals surface area contributed by atoms with E-state index in [1.165, 1.54) is 13.2 Å². The van der Waals surface area contributed by atoms with E-state index in [1.807, 2.05) is 13.0 Å². The molecule has 0 radical (unpaired) electrons. The Labute approximate surface area is 88.9 Å². The Hall–Kier alpha value is -1.73. The van der Waals surface area contributed by atoms with Gasteiger partial charge in [-0.05, 0) is 24.1 Å². The highest BCUT2D eigenvalue weighted by Crippen LogP contribution is 2.32. The molecule has 3 N–H and O–H groups in total. The molecule has 80 valence electrons. The number of methoxy groups -OCH3 is 1. The van der Waals surface area contributed by atoms with Crippen LogP contribution in [0.3, 0.4) is 0 Å². The molecule has 0 bridgehead atoms. The van der Waals surface area contributed by atoms with Crippen LogP contribution in [0.5, 0.6) is 11.5 Å². The summed E-state index contributed by atoms with van der Waals surface area (Å²) >= 11 is 0. The summed E-state index contributed by atoms with van der Waals surface area (Å²) in [6.45, 7) is 2.31. The lowest BCUT2D eigenvalue weighted by atomic mass is 9.98. The smallest absolute Gasteiger partial charge is 0.140 e. The molecule has 1 unspecified atom stereocenters. The molecular weight excluding hydrogens is 192 g/mol. The maximum Gasteiger partial charge on any atom is 0.140 e. The van der Waals surface area contributed by atoms with Gasteiger partial charge in [0.2, 0.25) is 0 Å². The number of ether oxygens (including phenoxy) is 1. The van der Waals surface area contributed by atoms with E-state index in [-0.39, 0.29) is 11.7 Å². The zero-order chi connectivity index (χ0) is 11.4. The summed E-state index contributed by atoms with van der Waals surface area (Å²) in [6, 6.07) is 5.08. The zero-order valence-corrected chi connectivity index (χ0v) is 8.82. The van der Waals surface area contributed by atoms with Crippen molar-refractivity contribution in [2.75, 3.05) is 13.7 Å². The number of aromatic hydroxyl groups is 1. The van der Waals surface area contributed by atoms with E-state index in [9.17, 15) is 5.11 Å². The molecular formula is C11H14N2O2. The van der Waals surface area contributed by atoms with Crippen molar-refractivity contribution in [3.05, 3.63) is 23.3 Å². The topological polar surface area (TPSA) is 79.3 Å². The van der Waals surface area contributed by atoms with Gasteiger partial charge in [-0.1, -0.05) is 6.92 Å². The van der Waals surface area contributed by atoms with Gasteiger partial charge in [0.1, 0.15) is 17.6 Å². The van der Waals surface area contributed by atoms with Crippen LogP contribution in [-0.2, 0) is 0 Å². The third-order valence-corrected chi connectivity index (χ3v) is 2.35. The molecule has 0 fully saturated rings. The molecule has 0 saturated carbocycles. The molecule has 0 amide bonds. The molecule has 0 heterocycles. The lowest BCUT2D eigenvalue weighted by Gasteiger charge is -2.13. The number of phenolic OH excluding ortho intramolecular Hbond substituents is 1. The Bertz CT molecular complexity index is 396. The monoisotopic (exact) mass is 206 g/mol. The van der Waals surface area contributed by atoms with E-state index in [4.69, 9.17) is 15.7 Å². The van der Waals surface area contributed by atoms with Crippen molar-refractivity contribution in [3.63, 3.8) is 0 Å². The first-order chi connectivity index (χ1) is 7.13. The summed E-state index contributed by atoms with van der Waals surface area (Å²) in [5.74, 6) is 0.509. The first-order valence-corrected chi connectivity index (χ1v) is 4.65. The molecule has 15 heavy (non-hydrogen) atoms. The molecule has 0 aromatic heterocycles. The van der Waals surface area contributed by atoms with Crippen LogP contribution >= 0.6 is 0 Å². The summed E-state index contributed by atoms with van der Waals surface area (Å²) < 4.78 is 4.97. The molecule has 1 aromatic rings. The van der Waals surface area contributed by atoms with Crippen molar-refractivity contribution >= 4 is 0 Å². The van der Waals surface area contributed by atoms with Crippen LogP contribution in [-0.4, -0.2) is 18.8 Å². The van der Waals surface area contributed by atoms with E-state index in [0.29, 0.717) is 23.4 Å². The Morgan fingerprint density at radius 2 is 2.27 bits per heavy atom. The Morgan fingerprint density at radius 1 is 1.60 bits per heavy atom. The average molecular weight is 206 g/mol. The van der Waals surface area contributed by atoms with Gasteiger partial charge in [-0.2, -0.15) is 5.26 Å². The molecule has 0 aliphatic carbocycles. The standard InChI is InChI=1S/C11H14N2O2/c1-7(5-12)9-3-8(6-13)11(15-2)4-10(9)14/h3-4,7,14H,5,12H2,1-2H3.